The average Bonchev–Trinajstić information content (AvgIpc) is 3.25. The third kappa shape index (κ3) is 4.22. The quantitative estimate of drug-likeness (QED) is 0.847. The topological polar surface area (TPSA) is 58.4 Å². The molecule has 0 bridgehead atoms. The van der Waals surface area contributed by atoms with Gasteiger partial charge in [0, 0.05) is 29.7 Å². The van der Waals surface area contributed by atoms with E-state index in [2.05, 4.69) is 22.4 Å². The largest absolute Gasteiger partial charge is 0.360 e. The molecule has 0 atom stereocenters. The number of likely N-dealkylation sites (N-methyl/N-ethyl adjacent to an activating group) is 1. The molecule has 1 aromatic carbocycles. The normalized spacial score (nSPS) is 15.0. The number of nitrogens with zero attached hydrogens (tertiary/aromatic N) is 2. The highest BCUT2D eigenvalue weighted by molar-refractivity contribution is 6.30. The molecule has 6 heteroatoms. The van der Waals surface area contributed by atoms with Crippen LogP contribution in [0, 0.1) is 6.92 Å². The first-order valence-corrected chi connectivity index (χ1v) is 9.14. The number of benzene rings is 1. The lowest BCUT2D eigenvalue weighted by Crippen LogP contribution is -2.37. The Labute approximate surface area is 153 Å². The van der Waals surface area contributed by atoms with E-state index in [9.17, 15) is 4.79 Å². The summed E-state index contributed by atoms with van der Waals surface area (Å²) in [6, 6.07) is 7.88. The van der Waals surface area contributed by atoms with Crippen LogP contribution in [0.25, 0.3) is 11.3 Å². The molecule has 0 radical (unpaired) electrons. The number of halogens is 1. The van der Waals surface area contributed by atoms with Crippen LogP contribution in [0.1, 0.15) is 41.8 Å². The molecule has 0 unspecified atom stereocenters. The van der Waals surface area contributed by atoms with Crippen molar-refractivity contribution in [3.05, 3.63) is 40.6 Å². The van der Waals surface area contributed by atoms with Gasteiger partial charge in [0.2, 0.25) is 0 Å². The fourth-order valence-corrected chi connectivity index (χ4v) is 3.53. The predicted octanol–water partition coefficient (Wildman–Crippen LogP) is 3.91. The van der Waals surface area contributed by atoms with Crippen molar-refractivity contribution < 1.29 is 9.32 Å². The summed E-state index contributed by atoms with van der Waals surface area (Å²) in [5.74, 6) is 0.370. The second-order valence-electron chi connectivity index (χ2n) is 6.64. The highest BCUT2D eigenvalue weighted by Gasteiger charge is 2.22. The SMILES string of the molecule is Cc1onc(-c2ccc(Cl)cc2)c1C(=O)NCCN(C)C1CCCC1. The number of hydrogen-bond donors (Lipinski definition) is 1. The molecule has 1 fully saturated rings. The molecule has 1 aliphatic carbocycles. The monoisotopic (exact) mass is 361 g/mol. The summed E-state index contributed by atoms with van der Waals surface area (Å²) in [7, 11) is 2.13. The molecule has 1 aliphatic rings. The van der Waals surface area contributed by atoms with Gasteiger partial charge in [-0.15, -0.1) is 0 Å². The summed E-state index contributed by atoms with van der Waals surface area (Å²) in [5, 5.41) is 7.69. The van der Waals surface area contributed by atoms with Crippen molar-refractivity contribution in [1.29, 1.82) is 0 Å². The number of amides is 1. The van der Waals surface area contributed by atoms with Crippen LogP contribution in [0.15, 0.2) is 28.8 Å². The smallest absolute Gasteiger partial charge is 0.257 e. The number of carbonyl (C=O) groups is 1. The van der Waals surface area contributed by atoms with Gasteiger partial charge < -0.3 is 14.7 Å². The summed E-state index contributed by atoms with van der Waals surface area (Å²) >= 11 is 5.93. The zero-order valence-corrected chi connectivity index (χ0v) is 15.5. The second-order valence-corrected chi connectivity index (χ2v) is 7.08. The van der Waals surface area contributed by atoms with E-state index in [-0.39, 0.29) is 5.91 Å². The van der Waals surface area contributed by atoms with Crippen LogP contribution in [0.5, 0.6) is 0 Å². The minimum atomic E-state index is -0.150. The molecule has 134 valence electrons. The van der Waals surface area contributed by atoms with Crippen molar-refractivity contribution in [2.75, 3.05) is 20.1 Å². The number of aromatic nitrogens is 1. The maximum atomic E-state index is 12.6. The van der Waals surface area contributed by atoms with Gasteiger partial charge in [0.1, 0.15) is 17.0 Å². The highest BCUT2D eigenvalue weighted by Crippen LogP contribution is 2.26. The highest BCUT2D eigenvalue weighted by atomic mass is 35.5. The van der Waals surface area contributed by atoms with Crippen LogP contribution in [0.4, 0.5) is 0 Å². The zero-order chi connectivity index (χ0) is 17.8. The van der Waals surface area contributed by atoms with Gasteiger partial charge in [-0.05, 0) is 38.9 Å². The molecular weight excluding hydrogens is 338 g/mol. The Morgan fingerprint density at radius 1 is 1.32 bits per heavy atom. The van der Waals surface area contributed by atoms with Crippen LogP contribution in [0.2, 0.25) is 5.02 Å². The zero-order valence-electron chi connectivity index (χ0n) is 14.7. The first kappa shape index (κ1) is 18.0. The van der Waals surface area contributed by atoms with E-state index in [0.29, 0.717) is 34.6 Å². The fraction of sp³-hybridized carbons (Fsp3) is 0.474. The van der Waals surface area contributed by atoms with E-state index < -0.39 is 0 Å². The van der Waals surface area contributed by atoms with Gasteiger partial charge >= 0.3 is 0 Å². The number of rotatable bonds is 6. The summed E-state index contributed by atoms with van der Waals surface area (Å²) in [6.07, 6.45) is 5.14. The van der Waals surface area contributed by atoms with Gasteiger partial charge in [0.15, 0.2) is 0 Å². The maximum Gasteiger partial charge on any atom is 0.257 e. The Hall–Kier alpha value is -1.85. The van der Waals surface area contributed by atoms with Gasteiger partial charge in [-0.2, -0.15) is 0 Å². The molecule has 0 saturated heterocycles. The van der Waals surface area contributed by atoms with E-state index in [1.54, 1.807) is 19.1 Å². The lowest BCUT2D eigenvalue weighted by molar-refractivity contribution is 0.0946. The van der Waals surface area contributed by atoms with Crippen LogP contribution in [-0.2, 0) is 0 Å². The lowest BCUT2D eigenvalue weighted by Gasteiger charge is -2.23. The Balaban J connectivity index is 1.64. The van der Waals surface area contributed by atoms with Crippen molar-refractivity contribution in [2.24, 2.45) is 0 Å². The van der Waals surface area contributed by atoms with E-state index in [1.165, 1.54) is 25.7 Å². The molecule has 5 nitrogen and oxygen atoms in total. The average molecular weight is 362 g/mol. The Morgan fingerprint density at radius 2 is 2.00 bits per heavy atom. The molecule has 1 heterocycles. The minimum Gasteiger partial charge on any atom is -0.360 e. The van der Waals surface area contributed by atoms with Crippen molar-refractivity contribution >= 4 is 17.5 Å². The standard InChI is InChI=1S/C19H24ClN3O2/c1-13-17(18(22-25-13)14-7-9-15(20)10-8-14)19(24)21-11-12-23(2)16-5-3-4-6-16/h7-10,16H,3-6,11-12H2,1-2H3,(H,21,24). The minimum absolute atomic E-state index is 0.150. The fourth-order valence-electron chi connectivity index (χ4n) is 3.41. The molecule has 0 spiro atoms. The molecule has 1 amide bonds. The molecule has 1 aromatic heterocycles. The second kappa shape index (κ2) is 8.02. The number of hydrogen-bond acceptors (Lipinski definition) is 4. The van der Waals surface area contributed by atoms with E-state index in [0.717, 1.165) is 12.1 Å². The molecule has 3 rings (SSSR count). The van der Waals surface area contributed by atoms with Gasteiger partial charge in [0.25, 0.3) is 5.91 Å². The van der Waals surface area contributed by atoms with Gasteiger partial charge in [-0.25, -0.2) is 0 Å². The third-order valence-electron chi connectivity index (χ3n) is 4.91. The molecule has 1 saturated carbocycles. The summed E-state index contributed by atoms with van der Waals surface area (Å²) < 4.78 is 5.26. The lowest BCUT2D eigenvalue weighted by atomic mass is 10.1. The summed E-state index contributed by atoms with van der Waals surface area (Å²) in [4.78, 5) is 15.0. The van der Waals surface area contributed by atoms with Crippen molar-refractivity contribution in [2.45, 2.75) is 38.6 Å². The first-order valence-electron chi connectivity index (χ1n) is 8.77. The molecular formula is C19H24ClN3O2. The van der Waals surface area contributed by atoms with Gasteiger partial charge in [-0.3, -0.25) is 4.79 Å². The van der Waals surface area contributed by atoms with Crippen LogP contribution in [-0.4, -0.2) is 42.1 Å². The number of aryl methyl sites for hydroxylation is 1. The van der Waals surface area contributed by atoms with Crippen molar-refractivity contribution in [1.82, 2.24) is 15.4 Å². The number of nitrogens with one attached hydrogen (secondary N) is 1. The van der Waals surface area contributed by atoms with Gasteiger partial charge in [0.05, 0.1) is 0 Å². The molecule has 0 aliphatic heterocycles. The predicted molar refractivity (Wildman–Crippen MR) is 98.9 cm³/mol. The first-order chi connectivity index (χ1) is 12.1. The Kier molecular flexibility index (Phi) is 5.76. The molecule has 2 aromatic rings. The van der Waals surface area contributed by atoms with Gasteiger partial charge in [-0.1, -0.05) is 41.7 Å². The third-order valence-corrected chi connectivity index (χ3v) is 5.16. The van der Waals surface area contributed by atoms with Crippen LogP contribution < -0.4 is 5.32 Å². The molecule has 1 N–H and O–H groups in total. The Bertz CT molecular complexity index is 721. The summed E-state index contributed by atoms with van der Waals surface area (Å²) in [5.41, 5.74) is 1.86. The van der Waals surface area contributed by atoms with E-state index >= 15 is 0 Å². The number of carbonyl (C=O) groups excluding carboxylic acids is 1. The summed E-state index contributed by atoms with van der Waals surface area (Å²) in [6.45, 7) is 3.21. The van der Waals surface area contributed by atoms with Crippen LogP contribution in [0.3, 0.4) is 0 Å². The van der Waals surface area contributed by atoms with E-state index in [1.807, 2.05) is 12.1 Å². The Morgan fingerprint density at radius 3 is 2.68 bits per heavy atom. The maximum absolute atomic E-state index is 12.6. The molecule has 25 heavy (non-hydrogen) atoms. The van der Waals surface area contributed by atoms with Crippen molar-refractivity contribution in [3.63, 3.8) is 0 Å². The van der Waals surface area contributed by atoms with E-state index in [4.69, 9.17) is 16.1 Å². The van der Waals surface area contributed by atoms with Crippen molar-refractivity contribution in [3.8, 4) is 11.3 Å². The van der Waals surface area contributed by atoms with Crippen LogP contribution >= 0.6 is 11.6 Å².